The predicted molar refractivity (Wildman–Crippen MR) is 333 cm³/mol. The number of para-hydroxylation sites is 4. The van der Waals surface area contributed by atoms with Gasteiger partial charge in [-0.2, -0.15) is 0 Å². The summed E-state index contributed by atoms with van der Waals surface area (Å²) in [4.78, 5) is 4.83. The topological polar surface area (TPSA) is 6.48 Å². The number of hydrogen-bond donors (Lipinski definition) is 0. The van der Waals surface area contributed by atoms with Crippen LogP contribution in [0.4, 0.5) is 34.1 Å². The minimum Gasteiger partial charge on any atom is -0.309 e. The van der Waals surface area contributed by atoms with Crippen LogP contribution in [0.15, 0.2) is 315 Å². The van der Waals surface area contributed by atoms with Crippen molar-refractivity contribution >= 4 is 67.8 Å². The summed E-state index contributed by atoms with van der Waals surface area (Å²) in [7, 11) is 0. The molecule has 13 rings (SSSR count). The first-order valence-corrected chi connectivity index (χ1v) is 26.7. The molecule has 0 fully saturated rings. The second kappa shape index (κ2) is 21.5. The van der Waals surface area contributed by atoms with Crippen molar-refractivity contribution in [1.82, 2.24) is 0 Å². The Balaban J connectivity index is 0.782. The molecule has 368 valence electrons. The van der Waals surface area contributed by atoms with Gasteiger partial charge < -0.3 is 9.80 Å². The molecule has 0 radical (unpaired) electrons. The lowest BCUT2D eigenvalue weighted by molar-refractivity contribution is 1.28. The zero-order valence-corrected chi connectivity index (χ0v) is 43.1. The molecule has 2 heteroatoms. The van der Waals surface area contributed by atoms with Crippen LogP contribution >= 0.6 is 0 Å². The molecule has 0 spiro atoms. The van der Waals surface area contributed by atoms with Crippen LogP contribution in [-0.2, 0) is 0 Å². The molecule has 2 nitrogen and oxygen atoms in total. The van der Waals surface area contributed by atoms with E-state index in [2.05, 4.69) is 337 Å². The van der Waals surface area contributed by atoms with E-state index in [0.717, 1.165) is 45.3 Å². The molecule has 78 heavy (non-hydrogen) atoms. The largest absolute Gasteiger partial charge is 0.309 e. The zero-order chi connectivity index (χ0) is 52.0. The molecular weight excluding hydrogens is 941 g/mol. The normalized spacial score (nSPS) is 11.3. The Morgan fingerprint density at radius 3 is 0.897 bits per heavy atom. The molecular formula is C76H54N2. The SMILES string of the molecule is C(=Cc1ccc2cc(N(c3ccccc3-c3ccccc3)c3ccccc3-c3ccccc3)ccc2c1)c1ccc2cc(-c3ccc(N(c4ccccc4-c4ccccc4)c4ccccc4-c4ccccc4)cc3)ccc2c1. The highest BCUT2D eigenvalue weighted by Gasteiger charge is 2.22. The minimum atomic E-state index is 1.09. The standard InChI is InChI=1S/C76H54N2/c1-5-21-58(22-6-1)69-29-13-17-33-73(69)77(74-34-18-14-30-70(74)59-23-7-2-8-24-59)67-48-45-57(46-49-67)64-44-43-62-51-55(39-41-65(62)53-64)37-38-56-40-42-66-54-68(50-47-63(66)52-56)78(75-35-19-15-31-71(75)60-25-9-3-10-26-60)76-36-20-16-32-72(76)61-27-11-4-12-28-61/h1-54H. The summed E-state index contributed by atoms with van der Waals surface area (Å²) in [6.45, 7) is 0. The van der Waals surface area contributed by atoms with Crippen LogP contribution in [0.25, 0.3) is 89.3 Å². The third-order valence-electron chi connectivity index (χ3n) is 14.8. The first-order chi connectivity index (χ1) is 38.7. The first kappa shape index (κ1) is 47.4. The van der Waals surface area contributed by atoms with Crippen molar-refractivity contribution in [3.8, 4) is 55.6 Å². The van der Waals surface area contributed by atoms with E-state index in [-0.39, 0.29) is 0 Å². The molecule has 0 aliphatic heterocycles. The summed E-state index contributed by atoms with van der Waals surface area (Å²) < 4.78 is 0. The van der Waals surface area contributed by atoms with Crippen LogP contribution in [0.1, 0.15) is 11.1 Å². The second-order valence-electron chi connectivity index (χ2n) is 19.7. The van der Waals surface area contributed by atoms with E-state index in [9.17, 15) is 0 Å². The van der Waals surface area contributed by atoms with E-state index >= 15 is 0 Å². The quantitative estimate of drug-likeness (QED) is 0.106. The Kier molecular flexibility index (Phi) is 13.1. The molecule has 0 bridgehead atoms. The van der Waals surface area contributed by atoms with Gasteiger partial charge in [-0.05, 0) is 133 Å². The van der Waals surface area contributed by atoms with Crippen LogP contribution in [0.5, 0.6) is 0 Å². The molecule has 0 amide bonds. The maximum Gasteiger partial charge on any atom is 0.0540 e. The predicted octanol–water partition coefficient (Wildman–Crippen LogP) is 21.4. The number of rotatable bonds is 13. The summed E-state index contributed by atoms with van der Waals surface area (Å²) in [5, 5.41) is 4.78. The highest BCUT2D eigenvalue weighted by molar-refractivity contribution is 5.98. The summed E-state index contributed by atoms with van der Waals surface area (Å²) >= 11 is 0. The van der Waals surface area contributed by atoms with Gasteiger partial charge in [-0.25, -0.2) is 0 Å². The Bertz CT molecular complexity index is 4080. The molecule has 0 heterocycles. The van der Waals surface area contributed by atoms with Crippen molar-refractivity contribution in [3.63, 3.8) is 0 Å². The van der Waals surface area contributed by atoms with Gasteiger partial charge in [0.25, 0.3) is 0 Å². The van der Waals surface area contributed by atoms with Crippen LogP contribution in [-0.4, -0.2) is 0 Å². The Morgan fingerprint density at radius 1 is 0.192 bits per heavy atom. The average Bonchev–Trinajstić information content (AvgIpc) is 3.66. The van der Waals surface area contributed by atoms with Crippen molar-refractivity contribution in [1.29, 1.82) is 0 Å². The van der Waals surface area contributed by atoms with Gasteiger partial charge in [-0.1, -0.05) is 261 Å². The lowest BCUT2D eigenvalue weighted by Gasteiger charge is -2.30. The van der Waals surface area contributed by atoms with E-state index in [4.69, 9.17) is 0 Å². The summed E-state index contributed by atoms with van der Waals surface area (Å²) in [5.74, 6) is 0. The van der Waals surface area contributed by atoms with Crippen molar-refractivity contribution in [2.24, 2.45) is 0 Å². The minimum absolute atomic E-state index is 1.09. The molecule has 0 saturated carbocycles. The number of hydrogen-bond acceptors (Lipinski definition) is 2. The molecule has 0 aromatic heterocycles. The second-order valence-corrected chi connectivity index (χ2v) is 19.7. The molecule has 13 aromatic rings. The van der Waals surface area contributed by atoms with Crippen LogP contribution in [0.3, 0.4) is 0 Å². The smallest absolute Gasteiger partial charge is 0.0540 e. The van der Waals surface area contributed by atoms with Gasteiger partial charge in [-0.3, -0.25) is 0 Å². The van der Waals surface area contributed by atoms with Gasteiger partial charge >= 0.3 is 0 Å². The van der Waals surface area contributed by atoms with E-state index < -0.39 is 0 Å². The van der Waals surface area contributed by atoms with Crippen molar-refractivity contribution in [2.45, 2.75) is 0 Å². The molecule has 0 aliphatic rings. The third-order valence-corrected chi connectivity index (χ3v) is 14.8. The lowest BCUT2D eigenvalue weighted by atomic mass is 9.97. The fraction of sp³-hybridized carbons (Fsp3) is 0. The fourth-order valence-electron chi connectivity index (χ4n) is 11.0. The van der Waals surface area contributed by atoms with Gasteiger partial charge in [0.2, 0.25) is 0 Å². The van der Waals surface area contributed by atoms with Crippen molar-refractivity contribution < 1.29 is 0 Å². The van der Waals surface area contributed by atoms with Crippen molar-refractivity contribution in [2.75, 3.05) is 9.80 Å². The number of nitrogens with zero attached hydrogens (tertiary/aromatic N) is 2. The van der Waals surface area contributed by atoms with E-state index in [1.54, 1.807) is 0 Å². The first-order valence-electron chi connectivity index (χ1n) is 26.7. The summed E-state index contributed by atoms with van der Waals surface area (Å²) in [5.41, 5.74) is 20.7. The monoisotopic (exact) mass is 994 g/mol. The van der Waals surface area contributed by atoms with E-state index in [0.29, 0.717) is 0 Å². The lowest BCUT2D eigenvalue weighted by Crippen LogP contribution is -2.12. The Morgan fingerprint density at radius 2 is 0.487 bits per heavy atom. The highest BCUT2D eigenvalue weighted by atomic mass is 15.2. The number of benzene rings is 13. The van der Waals surface area contributed by atoms with Crippen molar-refractivity contribution in [3.05, 3.63) is 327 Å². The maximum absolute atomic E-state index is 2.42. The zero-order valence-electron chi connectivity index (χ0n) is 43.1. The molecule has 13 aromatic carbocycles. The number of fused-ring (bicyclic) bond motifs is 2. The maximum atomic E-state index is 2.42. The average molecular weight is 995 g/mol. The van der Waals surface area contributed by atoms with Gasteiger partial charge in [0.1, 0.15) is 0 Å². The summed E-state index contributed by atoms with van der Waals surface area (Å²) in [6, 6.07) is 114. The highest BCUT2D eigenvalue weighted by Crippen LogP contribution is 2.47. The third kappa shape index (κ3) is 9.67. The van der Waals surface area contributed by atoms with E-state index in [1.165, 1.54) is 77.2 Å². The molecule has 0 atom stereocenters. The van der Waals surface area contributed by atoms with Gasteiger partial charge in [0.05, 0.1) is 22.7 Å². The van der Waals surface area contributed by atoms with Gasteiger partial charge in [0, 0.05) is 33.6 Å². The molecule has 0 aliphatic carbocycles. The number of anilines is 6. The van der Waals surface area contributed by atoms with Crippen LogP contribution in [0, 0.1) is 0 Å². The summed E-state index contributed by atoms with van der Waals surface area (Å²) in [6.07, 6.45) is 4.45. The molecule has 0 N–H and O–H groups in total. The Hall–Kier alpha value is -10.3. The molecule has 0 unspecified atom stereocenters. The van der Waals surface area contributed by atoms with Gasteiger partial charge in [-0.15, -0.1) is 0 Å². The van der Waals surface area contributed by atoms with E-state index in [1.807, 2.05) is 0 Å². The van der Waals surface area contributed by atoms with Crippen LogP contribution in [0.2, 0.25) is 0 Å². The van der Waals surface area contributed by atoms with Gasteiger partial charge in [0.15, 0.2) is 0 Å². The molecule has 0 saturated heterocycles. The Labute approximate surface area is 457 Å². The fourth-order valence-corrected chi connectivity index (χ4v) is 11.0. The van der Waals surface area contributed by atoms with Crippen LogP contribution < -0.4 is 9.80 Å².